The van der Waals surface area contributed by atoms with Gasteiger partial charge in [-0.25, -0.2) is 4.79 Å². The molecule has 0 radical (unpaired) electrons. The van der Waals surface area contributed by atoms with Gasteiger partial charge in [0.2, 0.25) is 0 Å². The molecule has 1 aliphatic heterocycles. The van der Waals surface area contributed by atoms with E-state index in [0.717, 1.165) is 0 Å². The predicted molar refractivity (Wildman–Crippen MR) is 78.0 cm³/mol. The van der Waals surface area contributed by atoms with E-state index in [1.807, 2.05) is 19.9 Å². The van der Waals surface area contributed by atoms with Crippen molar-refractivity contribution in [3.8, 4) is 6.07 Å². The van der Waals surface area contributed by atoms with Gasteiger partial charge in [-0.2, -0.15) is 5.26 Å². The van der Waals surface area contributed by atoms with Gasteiger partial charge in [-0.05, 0) is 38.1 Å². The zero-order valence-electron chi connectivity index (χ0n) is 12.6. The molecule has 0 bridgehead atoms. The highest BCUT2D eigenvalue weighted by Crippen LogP contribution is 2.11. The first kappa shape index (κ1) is 16.0. The van der Waals surface area contributed by atoms with Crippen molar-refractivity contribution in [3.05, 3.63) is 35.4 Å². The molecule has 0 aromatic heterocycles. The second-order valence-electron chi connectivity index (χ2n) is 5.32. The van der Waals surface area contributed by atoms with Crippen molar-refractivity contribution in [3.63, 3.8) is 0 Å². The molecule has 6 nitrogen and oxygen atoms in total. The van der Waals surface area contributed by atoms with Gasteiger partial charge in [0.25, 0.3) is 5.91 Å². The summed E-state index contributed by atoms with van der Waals surface area (Å²) in [5.41, 5.74) is 0.777. The molecule has 1 heterocycles. The number of hydrogen-bond donors (Lipinski definition) is 0. The molecule has 0 aliphatic carbocycles. The molecule has 2 rings (SSSR count). The predicted octanol–water partition coefficient (Wildman–Crippen LogP) is 1.35. The van der Waals surface area contributed by atoms with Crippen molar-refractivity contribution >= 4 is 11.9 Å². The minimum atomic E-state index is -0.577. The van der Waals surface area contributed by atoms with Crippen molar-refractivity contribution in [2.24, 2.45) is 0 Å². The summed E-state index contributed by atoms with van der Waals surface area (Å²) < 4.78 is 10.6. The van der Waals surface area contributed by atoms with Crippen molar-refractivity contribution in [1.29, 1.82) is 5.26 Å². The standard InChI is InChI=1S/C16H18N2O4/c1-11-8-18(9-12(2)22-11)15(19)10-21-16(20)14-5-3-13(7-17)4-6-14/h3-6,11-12H,8-10H2,1-2H3/t11-,12+. The average Bonchev–Trinajstić information content (AvgIpc) is 2.51. The molecule has 0 N–H and O–H groups in total. The van der Waals surface area contributed by atoms with Crippen LogP contribution in [0.15, 0.2) is 24.3 Å². The number of rotatable bonds is 3. The van der Waals surface area contributed by atoms with Crippen LogP contribution in [-0.4, -0.2) is 48.7 Å². The van der Waals surface area contributed by atoms with E-state index < -0.39 is 5.97 Å². The third-order valence-corrected chi connectivity index (χ3v) is 3.35. The SMILES string of the molecule is C[C@@H]1CN(C(=O)COC(=O)c2ccc(C#N)cc2)C[C@H](C)O1. The van der Waals surface area contributed by atoms with Gasteiger partial charge in [0.05, 0.1) is 29.4 Å². The zero-order valence-corrected chi connectivity index (χ0v) is 12.6. The number of benzene rings is 1. The lowest BCUT2D eigenvalue weighted by Gasteiger charge is -2.35. The van der Waals surface area contributed by atoms with E-state index in [4.69, 9.17) is 14.7 Å². The number of amides is 1. The normalized spacial score (nSPS) is 21.0. The second-order valence-corrected chi connectivity index (χ2v) is 5.32. The molecule has 1 saturated heterocycles. The van der Waals surface area contributed by atoms with Crippen molar-refractivity contribution in [2.75, 3.05) is 19.7 Å². The summed E-state index contributed by atoms with van der Waals surface area (Å²) in [4.78, 5) is 25.6. The molecule has 1 amide bonds. The van der Waals surface area contributed by atoms with Crippen LogP contribution in [0.4, 0.5) is 0 Å². The lowest BCUT2D eigenvalue weighted by Crippen LogP contribution is -2.49. The number of hydrogen-bond acceptors (Lipinski definition) is 5. The van der Waals surface area contributed by atoms with Gasteiger partial charge >= 0.3 is 5.97 Å². The molecule has 1 aliphatic rings. The molecule has 22 heavy (non-hydrogen) atoms. The summed E-state index contributed by atoms with van der Waals surface area (Å²) in [5.74, 6) is -0.809. The third kappa shape index (κ3) is 4.06. The van der Waals surface area contributed by atoms with E-state index in [2.05, 4.69) is 0 Å². The molecular weight excluding hydrogens is 284 g/mol. The number of esters is 1. The summed E-state index contributed by atoms with van der Waals surface area (Å²) in [6.07, 6.45) is -0.0520. The smallest absolute Gasteiger partial charge is 0.338 e. The summed E-state index contributed by atoms with van der Waals surface area (Å²) in [6, 6.07) is 8.04. The van der Waals surface area contributed by atoms with Crippen LogP contribution >= 0.6 is 0 Å². The molecule has 2 atom stereocenters. The Bertz CT molecular complexity index is 581. The number of nitriles is 1. The quantitative estimate of drug-likeness (QED) is 0.787. The highest BCUT2D eigenvalue weighted by Gasteiger charge is 2.26. The Morgan fingerprint density at radius 3 is 2.41 bits per heavy atom. The highest BCUT2D eigenvalue weighted by molar-refractivity contribution is 5.91. The zero-order chi connectivity index (χ0) is 16.1. The molecule has 0 unspecified atom stereocenters. The lowest BCUT2D eigenvalue weighted by atomic mass is 10.1. The topological polar surface area (TPSA) is 79.6 Å². The van der Waals surface area contributed by atoms with E-state index in [1.54, 1.807) is 4.90 Å². The van der Waals surface area contributed by atoms with E-state index in [1.165, 1.54) is 24.3 Å². The van der Waals surface area contributed by atoms with E-state index in [0.29, 0.717) is 24.2 Å². The highest BCUT2D eigenvalue weighted by atomic mass is 16.5. The summed E-state index contributed by atoms with van der Waals surface area (Å²) in [5, 5.41) is 8.70. The average molecular weight is 302 g/mol. The van der Waals surface area contributed by atoms with Gasteiger partial charge in [-0.3, -0.25) is 4.79 Å². The molecule has 0 spiro atoms. The van der Waals surface area contributed by atoms with Crippen LogP contribution in [0.2, 0.25) is 0 Å². The van der Waals surface area contributed by atoms with Crippen LogP contribution in [0.1, 0.15) is 29.8 Å². The van der Waals surface area contributed by atoms with Gasteiger partial charge in [0.15, 0.2) is 6.61 Å². The molecule has 1 fully saturated rings. The number of nitrogens with zero attached hydrogens (tertiary/aromatic N) is 2. The van der Waals surface area contributed by atoms with Gasteiger partial charge in [0, 0.05) is 13.1 Å². The number of carbonyl (C=O) groups is 2. The number of carbonyl (C=O) groups excluding carboxylic acids is 2. The van der Waals surface area contributed by atoms with Gasteiger partial charge in [-0.1, -0.05) is 0 Å². The van der Waals surface area contributed by atoms with Crippen molar-refractivity contribution < 1.29 is 19.1 Å². The van der Waals surface area contributed by atoms with Crippen LogP contribution in [0.25, 0.3) is 0 Å². The molecule has 1 aromatic carbocycles. The van der Waals surface area contributed by atoms with Gasteiger partial charge in [-0.15, -0.1) is 0 Å². The molecule has 0 saturated carbocycles. The first-order valence-corrected chi connectivity index (χ1v) is 7.10. The van der Waals surface area contributed by atoms with E-state index in [-0.39, 0.29) is 24.7 Å². The second kappa shape index (κ2) is 7.05. The van der Waals surface area contributed by atoms with Crippen LogP contribution in [0.5, 0.6) is 0 Å². The van der Waals surface area contributed by atoms with Crippen molar-refractivity contribution in [1.82, 2.24) is 4.90 Å². The van der Waals surface area contributed by atoms with E-state index in [9.17, 15) is 9.59 Å². The largest absolute Gasteiger partial charge is 0.452 e. The molecular formula is C16H18N2O4. The number of morpholine rings is 1. The van der Waals surface area contributed by atoms with Crippen LogP contribution in [0, 0.1) is 11.3 Å². The van der Waals surface area contributed by atoms with Crippen molar-refractivity contribution in [2.45, 2.75) is 26.1 Å². The third-order valence-electron chi connectivity index (χ3n) is 3.35. The molecule has 1 aromatic rings. The fourth-order valence-corrected chi connectivity index (χ4v) is 2.36. The lowest BCUT2D eigenvalue weighted by molar-refractivity contribution is -0.146. The van der Waals surface area contributed by atoms with Crippen LogP contribution < -0.4 is 0 Å². The first-order chi connectivity index (χ1) is 10.5. The molecule has 116 valence electrons. The van der Waals surface area contributed by atoms with Gasteiger partial charge < -0.3 is 14.4 Å². The Morgan fingerprint density at radius 2 is 1.86 bits per heavy atom. The summed E-state index contributed by atoms with van der Waals surface area (Å²) >= 11 is 0. The van der Waals surface area contributed by atoms with Crippen LogP contribution in [0.3, 0.4) is 0 Å². The Kier molecular flexibility index (Phi) is 5.12. The Labute approximate surface area is 129 Å². The fraction of sp³-hybridized carbons (Fsp3) is 0.438. The minimum absolute atomic E-state index is 0.0260. The monoisotopic (exact) mass is 302 g/mol. The summed E-state index contributed by atoms with van der Waals surface area (Å²) in [6.45, 7) is 4.50. The maximum absolute atomic E-state index is 12.1. The Morgan fingerprint density at radius 1 is 1.27 bits per heavy atom. The minimum Gasteiger partial charge on any atom is -0.452 e. The number of ether oxygens (including phenoxy) is 2. The Balaban J connectivity index is 1.87. The van der Waals surface area contributed by atoms with E-state index >= 15 is 0 Å². The maximum Gasteiger partial charge on any atom is 0.338 e. The Hall–Kier alpha value is -2.39. The fourth-order valence-electron chi connectivity index (χ4n) is 2.36. The maximum atomic E-state index is 12.1. The molecule has 6 heteroatoms. The summed E-state index contributed by atoms with van der Waals surface area (Å²) in [7, 11) is 0. The van der Waals surface area contributed by atoms with Gasteiger partial charge in [0.1, 0.15) is 0 Å². The van der Waals surface area contributed by atoms with Crippen LogP contribution in [-0.2, 0) is 14.3 Å². The first-order valence-electron chi connectivity index (χ1n) is 7.10.